The minimum absolute atomic E-state index is 0.0467. The first-order valence-corrected chi connectivity index (χ1v) is 16.2. The van der Waals surface area contributed by atoms with Gasteiger partial charge in [0.2, 0.25) is 17.7 Å². The fourth-order valence-corrected chi connectivity index (χ4v) is 5.01. The number of hydrogen-bond acceptors (Lipinski definition) is 7. The van der Waals surface area contributed by atoms with Crippen LogP contribution in [0.1, 0.15) is 58.1 Å². The molecular formula is C33H45Cl2N5O7. The normalized spacial score (nSPS) is 14.4. The zero-order chi connectivity index (χ0) is 35.3. The summed E-state index contributed by atoms with van der Waals surface area (Å²) in [5.41, 5.74) is 7.23. The van der Waals surface area contributed by atoms with Crippen molar-refractivity contribution in [2.24, 2.45) is 17.6 Å². The molecule has 2 aromatic rings. The molecule has 8 N–H and O–H groups in total. The molecule has 0 aromatic heterocycles. The van der Waals surface area contributed by atoms with E-state index in [-0.39, 0.29) is 38.1 Å². The van der Waals surface area contributed by atoms with E-state index in [1.165, 1.54) is 0 Å². The third-order valence-electron chi connectivity index (χ3n) is 7.32. The molecule has 0 aliphatic rings. The molecule has 0 fully saturated rings. The molecule has 0 bridgehead atoms. The summed E-state index contributed by atoms with van der Waals surface area (Å²) in [5, 5.41) is 31.4. The molecule has 5 atom stereocenters. The zero-order valence-electron chi connectivity index (χ0n) is 27.0. The minimum Gasteiger partial charge on any atom is -0.481 e. The molecule has 0 saturated heterocycles. The largest absolute Gasteiger partial charge is 0.481 e. The predicted octanol–water partition coefficient (Wildman–Crippen LogP) is 2.56. The van der Waals surface area contributed by atoms with Crippen LogP contribution >= 0.6 is 23.2 Å². The molecule has 14 heteroatoms. The van der Waals surface area contributed by atoms with Gasteiger partial charge in [0.05, 0.1) is 22.1 Å². The molecule has 258 valence electrons. The lowest BCUT2D eigenvalue weighted by Gasteiger charge is -2.29. The van der Waals surface area contributed by atoms with Gasteiger partial charge in [-0.1, -0.05) is 87.3 Å². The van der Waals surface area contributed by atoms with E-state index in [2.05, 4.69) is 21.3 Å². The summed E-state index contributed by atoms with van der Waals surface area (Å²) in [4.78, 5) is 63.7. The molecule has 0 saturated carbocycles. The number of halogens is 2. The maximum Gasteiger partial charge on any atom is 0.303 e. The average Bonchev–Trinajstić information content (AvgIpc) is 3.01. The van der Waals surface area contributed by atoms with Gasteiger partial charge in [-0.15, -0.1) is 0 Å². The first-order valence-electron chi connectivity index (χ1n) is 15.4. The highest BCUT2D eigenvalue weighted by Gasteiger charge is 2.34. The molecular weight excluding hydrogens is 649 g/mol. The summed E-state index contributed by atoms with van der Waals surface area (Å²) in [6.07, 6.45) is -1.76. The minimum atomic E-state index is -1.66. The third-order valence-corrected chi connectivity index (χ3v) is 8.06. The number of aliphatic hydroxyl groups is 1. The number of carbonyl (C=O) groups is 5. The SMILES string of the molecule is CC(C)C[C@H](NC(=O)[C@@H](NC(=O)[C@@H](N)CCC(=O)O)C(C)C)C(=O)N[C@@H](Cc1ccccc1)[C@@H](O)C(=O)NCc1ccc(Cl)c(Cl)c1. The van der Waals surface area contributed by atoms with Crippen molar-refractivity contribution >= 4 is 52.8 Å². The van der Waals surface area contributed by atoms with E-state index in [4.69, 9.17) is 34.0 Å². The van der Waals surface area contributed by atoms with Crippen LogP contribution in [0.25, 0.3) is 0 Å². The van der Waals surface area contributed by atoms with Crippen molar-refractivity contribution in [1.29, 1.82) is 0 Å². The van der Waals surface area contributed by atoms with Gasteiger partial charge in [-0.2, -0.15) is 0 Å². The predicted molar refractivity (Wildman–Crippen MR) is 179 cm³/mol. The number of aliphatic hydroxyl groups excluding tert-OH is 1. The Balaban J connectivity index is 2.22. The van der Waals surface area contributed by atoms with E-state index < -0.39 is 65.8 Å². The van der Waals surface area contributed by atoms with E-state index in [1.54, 1.807) is 56.3 Å². The van der Waals surface area contributed by atoms with Crippen molar-refractivity contribution < 1.29 is 34.2 Å². The van der Waals surface area contributed by atoms with Crippen LogP contribution in [0.15, 0.2) is 48.5 Å². The lowest BCUT2D eigenvalue weighted by atomic mass is 9.97. The van der Waals surface area contributed by atoms with Crippen molar-refractivity contribution in [3.63, 3.8) is 0 Å². The Labute approximate surface area is 285 Å². The Bertz CT molecular complexity index is 1380. The second kappa shape index (κ2) is 19.2. The van der Waals surface area contributed by atoms with Crippen LogP contribution in [0, 0.1) is 11.8 Å². The topological polar surface area (TPSA) is 200 Å². The molecule has 4 amide bonds. The molecule has 2 rings (SSSR count). The van der Waals surface area contributed by atoms with Crippen LogP contribution in [-0.4, -0.2) is 70.1 Å². The number of aliphatic carboxylic acids is 1. The Hall–Kier alpha value is -3.71. The number of carboxylic acids is 1. The number of nitrogens with one attached hydrogen (secondary N) is 4. The number of nitrogens with two attached hydrogens (primary N) is 1. The fraction of sp³-hybridized carbons (Fsp3) is 0.485. The molecule has 0 heterocycles. The summed E-state index contributed by atoms with van der Waals surface area (Å²) in [7, 11) is 0. The lowest BCUT2D eigenvalue weighted by Crippen LogP contribution is -2.59. The van der Waals surface area contributed by atoms with Crippen molar-refractivity contribution in [3.05, 3.63) is 69.7 Å². The van der Waals surface area contributed by atoms with Gasteiger partial charge in [-0.25, -0.2) is 0 Å². The second-order valence-corrected chi connectivity index (χ2v) is 13.0. The number of hydrogen-bond donors (Lipinski definition) is 7. The van der Waals surface area contributed by atoms with E-state index in [1.807, 2.05) is 19.9 Å². The van der Waals surface area contributed by atoms with Gasteiger partial charge in [0.1, 0.15) is 12.1 Å². The second-order valence-electron chi connectivity index (χ2n) is 12.2. The van der Waals surface area contributed by atoms with Crippen LogP contribution in [0.2, 0.25) is 10.0 Å². The fourth-order valence-electron chi connectivity index (χ4n) is 4.69. The quantitative estimate of drug-likeness (QED) is 0.123. The van der Waals surface area contributed by atoms with Gasteiger partial charge in [-0.3, -0.25) is 24.0 Å². The summed E-state index contributed by atoms with van der Waals surface area (Å²) < 4.78 is 0. The summed E-state index contributed by atoms with van der Waals surface area (Å²) in [6.45, 7) is 7.18. The molecule has 0 aliphatic heterocycles. The third kappa shape index (κ3) is 13.5. The number of carboxylic acid groups (broad SMARTS) is 1. The van der Waals surface area contributed by atoms with E-state index in [9.17, 15) is 29.1 Å². The molecule has 0 spiro atoms. The first kappa shape index (κ1) is 39.5. The number of rotatable bonds is 18. The summed E-state index contributed by atoms with van der Waals surface area (Å²) in [5.74, 6) is -4.25. The van der Waals surface area contributed by atoms with Crippen LogP contribution < -0.4 is 27.0 Å². The van der Waals surface area contributed by atoms with Gasteiger partial charge >= 0.3 is 5.97 Å². The maximum absolute atomic E-state index is 13.7. The maximum atomic E-state index is 13.7. The van der Waals surface area contributed by atoms with Gasteiger partial charge < -0.3 is 37.2 Å². The molecule has 0 aliphatic carbocycles. The summed E-state index contributed by atoms with van der Waals surface area (Å²) >= 11 is 12.0. The van der Waals surface area contributed by atoms with Gasteiger partial charge in [-0.05, 0) is 54.4 Å². The number of carbonyl (C=O) groups excluding carboxylic acids is 4. The first-order chi connectivity index (χ1) is 22.1. The van der Waals surface area contributed by atoms with Gasteiger partial charge in [0.25, 0.3) is 5.91 Å². The molecule has 12 nitrogen and oxygen atoms in total. The molecule has 0 radical (unpaired) electrons. The van der Waals surface area contributed by atoms with Crippen molar-refractivity contribution in [1.82, 2.24) is 21.3 Å². The van der Waals surface area contributed by atoms with Gasteiger partial charge in [0, 0.05) is 13.0 Å². The van der Waals surface area contributed by atoms with Crippen LogP contribution in [0.3, 0.4) is 0 Å². The lowest BCUT2D eigenvalue weighted by molar-refractivity contribution is -0.137. The smallest absolute Gasteiger partial charge is 0.303 e. The highest BCUT2D eigenvalue weighted by Crippen LogP contribution is 2.22. The van der Waals surface area contributed by atoms with Crippen LogP contribution in [0.5, 0.6) is 0 Å². The average molecular weight is 695 g/mol. The molecule has 47 heavy (non-hydrogen) atoms. The van der Waals surface area contributed by atoms with Crippen molar-refractivity contribution in [2.75, 3.05) is 0 Å². The van der Waals surface area contributed by atoms with E-state index >= 15 is 0 Å². The van der Waals surface area contributed by atoms with Crippen molar-refractivity contribution in [3.8, 4) is 0 Å². The van der Waals surface area contributed by atoms with Crippen molar-refractivity contribution in [2.45, 2.75) is 90.2 Å². The molecule has 0 unspecified atom stereocenters. The number of amides is 4. The Morgan fingerprint density at radius 1 is 0.809 bits per heavy atom. The Kier molecular flexibility index (Phi) is 16.1. The highest BCUT2D eigenvalue weighted by molar-refractivity contribution is 6.42. The number of benzene rings is 2. The Morgan fingerprint density at radius 3 is 2.04 bits per heavy atom. The van der Waals surface area contributed by atoms with Gasteiger partial charge in [0.15, 0.2) is 6.10 Å². The Morgan fingerprint density at radius 2 is 1.47 bits per heavy atom. The van der Waals surface area contributed by atoms with E-state index in [0.717, 1.165) is 5.56 Å². The standard InChI is InChI=1S/C33H45Cl2N5O7/c1-18(2)14-26(39-32(46)28(19(3)4)40-30(44)24(36)12-13-27(41)42)31(45)38-25(16-20-8-6-5-7-9-20)29(43)33(47)37-17-21-10-11-22(34)23(35)15-21/h5-11,15,18-19,24-26,28-29,43H,12-14,16-17,36H2,1-4H3,(H,37,47)(H,38,45)(H,39,46)(H,40,44)(H,41,42)/t24-,25-,26-,28-,29+/m0/s1. The van der Waals surface area contributed by atoms with Crippen LogP contribution in [0.4, 0.5) is 0 Å². The van der Waals surface area contributed by atoms with E-state index in [0.29, 0.717) is 15.6 Å². The monoisotopic (exact) mass is 693 g/mol. The zero-order valence-corrected chi connectivity index (χ0v) is 28.5. The molecule has 2 aromatic carbocycles. The highest BCUT2D eigenvalue weighted by atomic mass is 35.5. The van der Waals surface area contributed by atoms with Crippen LogP contribution in [-0.2, 0) is 36.9 Å². The summed E-state index contributed by atoms with van der Waals surface area (Å²) in [6, 6.07) is 9.49.